The van der Waals surface area contributed by atoms with Crippen molar-refractivity contribution in [3.8, 4) is 0 Å². The maximum atomic E-state index is 10.4. The molecule has 18 heavy (non-hydrogen) atoms. The summed E-state index contributed by atoms with van der Waals surface area (Å²) in [6.07, 6.45) is 1.91. The minimum absolute atomic E-state index is 0.178. The van der Waals surface area contributed by atoms with Crippen molar-refractivity contribution in [3.05, 3.63) is 59.9 Å². The molecule has 0 aliphatic heterocycles. The van der Waals surface area contributed by atoms with Gasteiger partial charge in [0.05, 0.1) is 4.90 Å². The van der Waals surface area contributed by atoms with Crippen molar-refractivity contribution in [1.29, 1.82) is 0 Å². The molecule has 0 saturated heterocycles. The first kappa shape index (κ1) is 14.3. The highest BCUT2D eigenvalue weighted by Gasteiger charge is 1.97. The Morgan fingerprint density at radius 1 is 1.00 bits per heavy atom. The minimum atomic E-state index is -4.27. The molecule has 0 radical (unpaired) electrons. The number of aromatic amines is 1. The summed E-state index contributed by atoms with van der Waals surface area (Å²) in [7, 11) is -4.27. The Morgan fingerprint density at radius 2 is 1.61 bits per heavy atom. The van der Waals surface area contributed by atoms with Crippen LogP contribution in [0.15, 0.2) is 53.6 Å². The lowest BCUT2D eigenvalue weighted by molar-refractivity contribution is -0.387. The molecule has 1 N–H and O–H groups in total. The molecule has 0 unspecified atom stereocenters. The molecule has 0 spiro atoms. The molecule has 4 nitrogen and oxygen atoms in total. The number of hydrogen-bond acceptors (Lipinski definition) is 3. The largest absolute Gasteiger partial charge is 0.744 e. The van der Waals surface area contributed by atoms with E-state index >= 15 is 0 Å². The van der Waals surface area contributed by atoms with Gasteiger partial charge in [-0.25, -0.2) is 13.4 Å². The fourth-order valence-electron chi connectivity index (χ4n) is 1.19. The molecule has 1 heterocycles. The van der Waals surface area contributed by atoms with Crippen LogP contribution >= 0.6 is 0 Å². The third kappa shape index (κ3) is 5.07. The Kier molecular flexibility index (Phi) is 5.00. The molecule has 5 heteroatoms. The van der Waals surface area contributed by atoms with Crippen molar-refractivity contribution in [3.63, 3.8) is 0 Å². The van der Waals surface area contributed by atoms with E-state index in [0.29, 0.717) is 0 Å². The van der Waals surface area contributed by atoms with Gasteiger partial charge in [-0.2, -0.15) is 0 Å². The summed E-state index contributed by atoms with van der Waals surface area (Å²) in [6, 6.07) is 11.8. The predicted molar refractivity (Wildman–Crippen MR) is 66.9 cm³/mol. The summed E-state index contributed by atoms with van der Waals surface area (Å²) in [5, 5.41) is 0. The van der Waals surface area contributed by atoms with Crippen molar-refractivity contribution < 1.29 is 18.0 Å². The Bertz CT molecular complexity index is 577. The number of hydrogen-bond donors (Lipinski definition) is 0. The van der Waals surface area contributed by atoms with Crippen LogP contribution in [0.25, 0.3) is 0 Å². The molecule has 0 amide bonds. The average molecular weight is 265 g/mol. The highest BCUT2D eigenvalue weighted by atomic mass is 32.2. The van der Waals surface area contributed by atoms with E-state index in [1.807, 2.05) is 38.2 Å². The molecule has 0 aliphatic carbocycles. The monoisotopic (exact) mass is 265 g/mol. The van der Waals surface area contributed by atoms with E-state index < -0.39 is 10.1 Å². The Morgan fingerprint density at radius 3 is 1.94 bits per heavy atom. The molecule has 1 aromatic heterocycles. The van der Waals surface area contributed by atoms with Gasteiger partial charge in [-0.3, -0.25) is 0 Å². The lowest BCUT2D eigenvalue weighted by Crippen LogP contribution is -2.02. The number of aromatic nitrogens is 1. The van der Waals surface area contributed by atoms with Crippen LogP contribution in [0, 0.1) is 13.8 Å². The van der Waals surface area contributed by atoms with Gasteiger partial charge in [-0.05, 0) is 19.1 Å². The smallest absolute Gasteiger partial charge is 0.176 e. The topological polar surface area (TPSA) is 71.3 Å². The van der Waals surface area contributed by atoms with Crippen LogP contribution in [0.1, 0.15) is 11.3 Å². The Labute approximate surface area is 107 Å². The maximum Gasteiger partial charge on any atom is 0.176 e. The summed E-state index contributed by atoms with van der Waals surface area (Å²) < 4.78 is 31.2. The summed E-state index contributed by atoms with van der Waals surface area (Å²) in [5.41, 5.74) is 2.12. The summed E-state index contributed by atoms with van der Waals surface area (Å²) >= 11 is 0. The number of aryl methyl sites for hydroxylation is 2. The van der Waals surface area contributed by atoms with E-state index in [0.717, 1.165) is 5.56 Å². The van der Waals surface area contributed by atoms with Crippen LogP contribution in [0.2, 0.25) is 0 Å². The van der Waals surface area contributed by atoms with Gasteiger partial charge >= 0.3 is 0 Å². The molecular formula is C13H15NO3S. The lowest BCUT2D eigenvalue weighted by atomic mass is 10.2. The van der Waals surface area contributed by atoms with Crippen molar-refractivity contribution in [2.75, 3.05) is 0 Å². The van der Waals surface area contributed by atoms with E-state index in [9.17, 15) is 13.0 Å². The molecule has 0 aliphatic rings. The summed E-state index contributed by atoms with van der Waals surface area (Å²) in [4.78, 5) is 2.85. The van der Waals surface area contributed by atoms with Gasteiger partial charge in [-0.1, -0.05) is 23.8 Å². The van der Waals surface area contributed by atoms with Crippen LogP contribution in [0.3, 0.4) is 0 Å². The van der Waals surface area contributed by atoms with Crippen LogP contribution in [0.4, 0.5) is 0 Å². The third-order valence-corrected chi connectivity index (χ3v) is 3.02. The molecule has 2 aromatic rings. The minimum Gasteiger partial charge on any atom is -0.744 e. The van der Waals surface area contributed by atoms with Gasteiger partial charge in [0.15, 0.2) is 11.9 Å². The second kappa shape index (κ2) is 6.28. The molecule has 0 bridgehead atoms. The first-order chi connectivity index (χ1) is 8.39. The maximum absolute atomic E-state index is 10.4. The summed E-state index contributed by atoms with van der Waals surface area (Å²) in [6.45, 7) is 3.85. The normalized spacial score (nSPS) is 10.4. The van der Waals surface area contributed by atoms with Crippen molar-refractivity contribution in [2.24, 2.45) is 0 Å². The van der Waals surface area contributed by atoms with Crippen LogP contribution in [-0.4, -0.2) is 13.0 Å². The lowest BCUT2D eigenvalue weighted by Gasteiger charge is -2.05. The second-order valence-electron chi connectivity index (χ2n) is 3.81. The molecule has 0 fully saturated rings. The van der Waals surface area contributed by atoms with E-state index in [1.54, 1.807) is 12.1 Å². The second-order valence-corrected chi connectivity index (χ2v) is 5.19. The molecule has 2 rings (SSSR count). The van der Waals surface area contributed by atoms with Gasteiger partial charge in [0.1, 0.15) is 10.1 Å². The Balaban J connectivity index is 0.000000199. The zero-order valence-electron chi connectivity index (χ0n) is 10.3. The van der Waals surface area contributed by atoms with E-state index in [1.165, 1.54) is 17.8 Å². The molecule has 1 aromatic carbocycles. The predicted octanol–water partition coefficient (Wildman–Crippen LogP) is 1.71. The molecule has 0 atom stereocenters. The van der Waals surface area contributed by atoms with Gasteiger partial charge in [0, 0.05) is 19.1 Å². The van der Waals surface area contributed by atoms with Crippen molar-refractivity contribution in [2.45, 2.75) is 18.7 Å². The first-order valence-electron chi connectivity index (χ1n) is 5.35. The number of rotatable bonds is 1. The highest BCUT2D eigenvalue weighted by molar-refractivity contribution is 7.85. The quantitative estimate of drug-likeness (QED) is 0.737. The van der Waals surface area contributed by atoms with Crippen LogP contribution in [0.5, 0.6) is 0 Å². The van der Waals surface area contributed by atoms with Gasteiger partial charge in [0.2, 0.25) is 0 Å². The number of nitrogens with one attached hydrogen (secondary N) is 1. The zero-order valence-corrected chi connectivity index (χ0v) is 11.1. The van der Waals surface area contributed by atoms with Crippen LogP contribution < -0.4 is 4.98 Å². The van der Waals surface area contributed by atoms with Gasteiger partial charge < -0.3 is 4.55 Å². The fourth-order valence-corrected chi connectivity index (χ4v) is 1.66. The highest BCUT2D eigenvalue weighted by Crippen LogP contribution is 2.08. The SMILES string of the molecule is Cc1ccc(S(=O)(=O)[O-])cc1.Cc1cccc[nH+]1. The number of pyridine rings is 1. The molecule has 96 valence electrons. The van der Waals surface area contributed by atoms with Gasteiger partial charge in [0.25, 0.3) is 0 Å². The van der Waals surface area contributed by atoms with Gasteiger partial charge in [-0.15, -0.1) is 0 Å². The number of H-pyrrole nitrogens is 1. The zero-order chi connectivity index (χ0) is 13.6. The standard InChI is InChI=1S/C7H8O3S.C6H7N/c1-6-2-4-7(5-3-6)11(8,9)10;1-6-4-2-3-5-7-6/h2-5H,1H3,(H,8,9,10);2-5H,1H3. The molecule has 0 saturated carbocycles. The van der Waals surface area contributed by atoms with Crippen molar-refractivity contribution >= 4 is 10.1 Å². The fraction of sp³-hybridized carbons (Fsp3) is 0.154. The molecular weight excluding hydrogens is 250 g/mol. The van der Waals surface area contributed by atoms with E-state index in [-0.39, 0.29) is 4.90 Å². The van der Waals surface area contributed by atoms with Crippen LogP contribution in [-0.2, 0) is 10.1 Å². The summed E-state index contributed by atoms with van der Waals surface area (Å²) in [5.74, 6) is 0. The van der Waals surface area contributed by atoms with E-state index in [2.05, 4.69) is 4.98 Å². The van der Waals surface area contributed by atoms with E-state index in [4.69, 9.17) is 0 Å². The first-order valence-corrected chi connectivity index (χ1v) is 6.76. The Hall–Kier alpha value is -1.72. The average Bonchev–Trinajstić information content (AvgIpc) is 2.30. The number of benzene rings is 1. The van der Waals surface area contributed by atoms with Crippen molar-refractivity contribution in [1.82, 2.24) is 0 Å². The third-order valence-electron chi connectivity index (χ3n) is 2.17.